The lowest BCUT2D eigenvalue weighted by molar-refractivity contribution is -0.122. The van der Waals surface area contributed by atoms with Crippen molar-refractivity contribution in [3.8, 4) is 0 Å². The lowest BCUT2D eigenvalue weighted by Gasteiger charge is -2.17. The van der Waals surface area contributed by atoms with Gasteiger partial charge in [-0.15, -0.1) is 11.3 Å². The zero-order valence-corrected chi connectivity index (χ0v) is 11.9. The van der Waals surface area contributed by atoms with E-state index in [9.17, 15) is 9.59 Å². The molecule has 0 spiro atoms. The van der Waals surface area contributed by atoms with Crippen molar-refractivity contribution in [1.29, 1.82) is 0 Å². The number of nitrogens with two attached hydrogens (primary N) is 1. The van der Waals surface area contributed by atoms with Gasteiger partial charge >= 0.3 is 0 Å². The first kappa shape index (κ1) is 14.5. The number of likely N-dealkylation sites (N-methyl/N-ethyl adjacent to an activating group) is 1. The molecule has 0 fully saturated rings. The minimum absolute atomic E-state index is 0.0495. The maximum absolute atomic E-state index is 12.0. The fourth-order valence-corrected chi connectivity index (χ4v) is 2.38. The fraction of sp³-hybridized carbons (Fsp3) is 0.500. The smallest absolute Gasteiger partial charge is 0.264 e. The van der Waals surface area contributed by atoms with Gasteiger partial charge in [0.05, 0.1) is 11.4 Å². The second-order valence-electron chi connectivity index (χ2n) is 4.51. The van der Waals surface area contributed by atoms with Crippen LogP contribution in [0.15, 0.2) is 6.07 Å². The first-order valence-electron chi connectivity index (χ1n) is 5.72. The maximum atomic E-state index is 12.0. The predicted molar refractivity (Wildman–Crippen MR) is 73.7 cm³/mol. The Morgan fingerprint density at radius 2 is 2.11 bits per heavy atom. The number of carbonyl (C=O) groups excluding carboxylic acids is 2. The van der Waals surface area contributed by atoms with Crippen molar-refractivity contribution in [2.24, 2.45) is 0 Å². The highest BCUT2D eigenvalue weighted by atomic mass is 32.1. The van der Waals surface area contributed by atoms with E-state index in [0.29, 0.717) is 10.6 Å². The van der Waals surface area contributed by atoms with E-state index in [2.05, 4.69) is 5.32 Å². The van der Waals surface area contributed by atoms with Crippen LogP contribution < -0.4 is 11.1 Å². The standard InChI is InChI=1S/C12H19N3O2S/c1-7(2)14-11(16)6-15(4)12(17)10-5-9(13)8(3)18-10/h5,7H,6,13H2,1-4H3,(H,14,16). The van der Waals surface area contributed by atoms with E-state index in [1.165, 1.54) is 16.2 Å². The highest BCUT2D eigenvalue weighted by Crippen LogP contribution is 2.24. The molecule has 0 aliphatic heterocycles. The zero-order valence-electron chi connectivity index (χ0n) is 11.1. The third kappa shape index (κ3) is 3.73. The average Bonchev–Trinajstić information content (AvgIpc) is 2.56. The molecule has 0 radical (unpaired) electrons. The van der Waals surface area contributed by atoms with Crippen LogP contribution in [0.4, 0.5) is 5.69 Å². The average molecular weight is 269 g/mol. The maximum Gasteiger partial charge on any atom is 0.264 e. The molecule has 1 aromatic rings. The molecule has 0 unspecified atom stereocenters. The van der Waals surface area contributed by atoms with E-state index in [0.717, 1.165) is 4.88 Å². The number of rotatable bonds is 4. The monoisotopic (exact) mass is 269 g/mol. The molecule has 5 nitrogen and oxygen atoms in total. The molecule has 1 rings (SSSR count). The second kappa shape index (κ2) is 5.86. The summed E-state index contributed by atoms with van der Waals surface area (Å²) in [5.74, 6) is -0.346. The third-order valence-electron chi connectivity index (χ3n) is 2.34. The van der Waals surface area contributed by atoms with Gasteiger partial charge in [-0.2, -0.15) is 0 Å². The number of aryl methyl sites for hydroxylation is 1. The van der Waals surface area contributed by atoms with Crippen LogP contribution in [0.1, 0.15) is 28.4 Å². The summed E-state index contributed by atoms with van der Waals surface area (Å²) in [6.45, 7) is 5.67. The number of anilines is 1. The van der Waals surface area contributed by atoms with Gasteiger partial charge in [-0.3, -0.25) is 9.59 Å². The topological polar surface area (TPSA) is 75.4 Å². The van der Waals surface area contributed by atoms with Gasteiger partial charge in [0.2, 0.25) is 5.91 Å². The molecule has 2 amide bonds. The van der Waals surface area contributed by atoms with E-state index < -0.39 is 0 Å². The first-order chi connectivity index (χ1) is 8.31. The largest absolute Gasteiger partial charge is 0.398 e. The van der Waals surface area contributed by atoms with Crippen molar-refractivity contribution in [3.05, 3.63) is 15.8 Å². The van der Waals surface area contributed by atoms with Crippen LogP contribution >= 0.6 is 11.3 Å². The molecular formula is C12H19N3O2S. The lowest BCUT2D eigenvalue weighted by atomic mass is 10.3. The van der Waals surface area contributed by atoms with Crippen LogP contribution in [0.25, 0.3) is 0 Å². The Morgan fingerprint density at radius 3 is 2.56 bits per heavy atom. The van der Waals surface area contributed by atoms with Crippen molar-refractivity contribution in [2.45, 2.75) is 26.8 Å². The Morgan fingerprint density at radius 1 is 1.50 bits per heavy atom. The SMILES string of the molecule is Cc1sc(C(=O)N(C)CC(=O)NC(C)C)cc1N. The van der Waals surface area contributed by atoms with Gasteiger partial charge in [-0.25, -0.2) is 0 Å². The third-order valence-corrected chi connectivity index (χ3v) is 3.40. The van der Waals surface area contributed by atoms with Gasteiger partial charge in [0.1, 0.15) is 0 Å². The van der Waals surface area contributed by atoms with Gasteiger partial charge in [0.25, 0.3) is 5.91 Å². The predicted octanol–water partition coefficient (Wildman–Crippen LogP) is 1.24. The van der Waals surface area contributed by atoms with E-state index in [4.69, 9.17) is 5.73 Å². The zero-order chi connectivity index (χ0) is 13.9. The van der Waals surface area contributed by atoms with Gasteiger partial charge in [0.15, 0.2) is 0 Å². The normalized spacial score (nSPS) is 10.5. The van der Waals surface area contributed by atoms with Crippen molar-refractivity contribution >= 4 is 28.8 Å². The number of nitrogens with zero attached hydrogens (tertiary/aromatic N) is 1. The quantitative estimate of drug-likeness (QED) is 0.863. The summed E-state index contributed by atoms with van der Waals surface area (Å²) in [5.41, 5.74) is 6.32. The Labute approximate surface area is 111 Å². The molecule has 0 aliphatic rings. The first-order valence-corrected chi connectivity index (χ1v) is 6.53. The molecule has 1 heterocycles. The van der Waals surface area contributed by atoms with Gasteiger partial charge in [0, 0.05) is 23.7 Å². The molecule has 3 N–H and O–H groups in total. The summed E-state index contributed by atoms with van der Waals surface area (Å²) in [6, 6.07) is 1.72. The van der Waals surface area contributed by atoms with E-state index in [-0.39, 0.29) is 24.4 Å². The summed E-state index contributed by atoms with van der Waals surface area (Å²) in [6.07, 6.45) is 0. The number of hydrogen-bond acceptors (Lipinski definition) is 4. The fourth-order valence-electron chi connectivity index (χ4n) is 1.44. The molecule has 0 atom stereocenters. The molecule has 0 aromatic carbocycles. The lowest BCUT2D eigenvalue weighted by Crippen LogP contribution is -2.40. The van der Waals surface area contributed by atoms with Crippen LogP contribution in [-0.2, 0) is 4.79 Å². The molecular weight excluding hydrogens is 250 g/mol. The summed E-state index contributed by atoms with van der Waals surface area (Å²) in [4.78, 5) is 26.4. The molecule has 1 aromatic heterocycles. The summed E-state index contributed by atoms with van der Waals surface area (Å²) in [5, 5.41) is 2.74. The number of hydrogen-bond donors (Lipinski definition) is 2. The molecule has 6 heteroatoms. The number of amides is 2. The summed E-state index contributed by atoms with van der Waals surface area (Å²) < 4.78 is 0. The molecule has 18 heavy (non-hydrogen) atoms. The molecule has 0 aliphatic carbocycles. The van der Waals surface area contributed by atoms with E-state index in [1.807, 2.05) is 20.8 Å². The number of nitrogen functional groups attached to an aromatic ring is 1. The summed E-state index contributed by atoms with van der Waals surface area (Å²) in [7, 11) is 1.60. The van der Waals surface area contributed by atoms with E-state index in [1.54, 1.807) is 13.1 Å². The highest BCUT2D eigenvalue weighted by molar-refractivity contribution is 7.14. The van der Waals surface area contributed by atoms with Gasteiger partial charge in [-0.05, 0) is 26.8 Å². The van der Waals surface area contributed by atoms with Crippen LogP contribution in [0.2, 0.25) is 0 Å². The molecule has 0 saturated heterocycles. The molecule has 0 bridgehead atoms. The minimum atomic E-state index is -0.182. The van der Waals surface area contributed by atoms with Crippen LogP contribution in [0.5, 0.6) is 0 Å². The van der Waals surface area contributed by atoms with Crippen LogP contribution in [0.3, 0.4) is 0 Å². The van der Waals surface area contributed by atoms with Crippen LogP contribution in [-0.4, -0.2) is 36.3 Å². The molecule has 100 valence electrons. The second-order valence-corrected chi connectivity index (χ2v) is 5.76. The van der Waals surface area contributed by atoms with Gasteiger partial charge in [-0.1, -0.05) is 0 Å². The summed E-state index contributed by atoms with van der Waals surface area (Å²) >= 11 is 1.34. The van der Waals surface area contributed by atoms with Crippen molar-refractivity contribution in [3.63, 3.8) is 0 Å². The Bertz CT molecular complexity index is 435. The van der Waals surface area contributed by atoms with E-state index >= 15 is 0 Å². The van der Waals surface area contributed by atoms with Crippen molar-refractivity contribution in [1.82, 2.24) is 10.2 Å². The number of carbonyl (C=O) groups is 2. The molecule has 0 saturated carbocycles. The minimum Gasteiger partial charge on any atom is -0.398 e. The Balaban J connectivity index is 2.64. The number of nitrogens with one attached hydrogen (secondary N) is 1. The Kier molecular flexibility index (Phi) is 4.72. The number of thiophene rings is 1. The van der Waals surface area contributed by atoms with Crippen LogP contribution in [0, 0.1) is 6.92 Å². The van der Waals surface area contributed by atoms with Crippen molar-refractivity contribution < 1.29 is 9.59 Å². The Hall–Kier alpha value is -1.56. The highest BCUT2D eigenvalue weighted by Gasteiger charge is 2.17. The van der Waals surface area contributed by atoms with Crippen molar-refractivity contribution in [2.75, 3.05) is 19.3 Å². The van der Waals surface area contributed by atoms with Gasteiger partial charge < -0.3 is 16.0 Å².